The van der Waals surface area contributed by atoms with E-state index in [-0.39, 0.29) is 23.3 Å². The first kappa shape index (κ1) is 21.7. The van der Waals surface area contributed by atoms with E-state index in [1.807, 2.05) is 13.8 Å². The minimum atomic E-state index is -2.91. The zero-order valence-electron chi connectivity index (χ0n) is 17.9. The maximum Gasteiger partial charge on any atom is 0.270 e. The Balaban J connectivity index is 1.43. The summed E-state index contributed by atoms with van der Waals surface area (Å²) >= 11 is 6.04. The predicted octanol–water partition coefficient (Wildman–Crippen LogP) is 4.01. The Kier molecular flexibility index (Phi) is 5.08. The van der Waals surface area contributed by atoms with Crippen molar-refractivity contribution in [1.29, 1.82) is 0 Å². The summed E-state index contributed by atoms with van der Waals surface area (Å²) in [5.74, 6) is -1.58. The molecule has 5 rings (SSSR count). The summed E-state index contributed by atoms with van der Waals surface area (Å²) in [6, 6.07) is 2.76. The predicted molar refractivity (Wildman–Crippen MR) is 117 cm³/mol. The van der Waals surface area contributed by atoms with Crippen LogP contribution < -0.4 is 10.6 Å². The van der Waals surface area contributed by atoms with Crippen LogP contribution in [-0.2, 0) is 10.2 Å². The third kappa shape index (κ3) is 3.92. The van der Waals surface area contributed by atoms with E-state index in [0.29, 0.717) is 22.8 Å². The van der Waals surface area contributed by atoms with Crippen LogP contribution in [0.2, 0.25) is 5.15 Å². The number of pyridine rings is 1. The van der Waals surface area contributed by atoms with Crippen molar-refractivity contribution in [1.82, 2.24) is 24.9 Å². The molecule has 2 aliphatic carbocycles. The Morgan fingerprint density at radius 2 is 1.97 bits per heavy atom. The van der Waals surface area contributed by atoms with Crippen LogP contribution in [-0.4, -0.2) is 37.4 Å². The second kappa shape index (κ2) is 7.72. The van der Waals surface area contributed by atoms with Crippen LogP contribution in [0, 0.1) is 0 Å². The average molecular weight is 475 g/mol. The van der Waals surface area contributed by atoms with E-state index in [2.05, 4.69) is 25.7 Å². The van der Waals surface area contributed by atoms with Gasteiger partial charge in [-0.2, -0.15) is 5.10 Å². The third-order valence-corrected chi connectivity index (χ3v) is 6.26. The zero-order chi connectivity index (χ0) is 23.5. The van der Waals surface area contributed by atoms with Crippen LogP contribution in [0.5, 0.6) is 0 Å². The normalized spacial score (nSPS) is 19.0. The number of amides is 2. The maximum atomic E-state index is 13.6. The zero-order valence-corrected chi connectivity index (χ0v) is 18.7. The molecule has 0 radical (unpaired) electrons. The second-order valence-corrected chi connectivity index (χ2v) is 9.53. The molecule has 1 atom stereocenters. The van der Waals surface area contributed by atoms with Crippen molar-refractivity contribution < 1.29 is 18.4 Å². The maximum absolute atomic E-state index is 13.6. The van der Waals surface area contributed by atoms with Crippen molar-refractivity contribution in [2.45, 2.75) is 56.9 Å². The van der Waals surface area contributed by atoms with Crippen molar-refractivity contribution in [3.63, 3.8) is 0 Å². The fraction of sp³-hybridized carbons (Fsp3) is 0.409. The molecule has 2 aliphatic rings. The smallest absolute Gasteiger partial charge is 0.270 e. The lowest BCUT2D eigenvalue weighted by Crippen LogP contribution is -2.28. The molecule has 2 N–H and O–H groups in total. The van der Waals surface area contributed by atoms with E-state index in [4.69, 9.17) is 11.6 Å². The van der Waals surface area contributed by atoms with Crippen LogP contribution in [0.15, 0.2) is 24.5 Å². The molecule has 0 spiro atoms. The number of hydrogen-bond acceptors (Lipinski definition) is 5. The topological polar surface area (TPSA) is 101 Å². The number of fused-ring (bicyclic) bond motifs is 3. The highest BCUT2D eigenvalue weighted by Crippen LogP contribution is 2.46. The lowest BCUT2D eigenvalue weighted by atomic mass is 9.88. The van der Waals surface area contributed by atoms with Crippen molar-refractivity contribution in [2.24, 2.45) is 0 Å². The van der Waals surface area contributed by atoms with E-state index >= 15 is 0 Å². The number of nitrogens with one attached hydrogen (secondary N) is 2. The molecular weight excluding hydrogens is 454 g/mol. The van der Waals surface area contributed by atoms with Crippen molar-refractivity contribution in [3.8, 4) is 0 Å². The lowest BCUT2D eigenvalue weighted by Gasteiger charge is -2.19. The molecule has 1 saturated carbocycles. The van der Waals surface area contributed by atoms with Crippen LogP contribution in [0.25, 0.3) is 5.65 Å². The van der Waals surface area contributed by atoms with Gasteiger partial charge in [0.1, 0.15) is 5.69 Å². The fourth-order valence-electron chi connectivity index (χ4n) is 4.42. The summed E-state index contributed by atoms with van der Waals surface area (Å²) in [7, 11) is 0. The summed E-state index contributed by atoms with van der Waals surface area (Å²) in [5.41, 5.74) is 0.965. The number of anilines is 1. The fourth-order valence-corrected chi connectivity index (χ4v) is 4.59. The van der Waals surface area contributed by atoms with E-state index in [1.165, 1.54) is 6.20 Å². The molecule has 3 aromatic heterocycles. The van der Waals surface area contributed by atoms with Gasteiger partial charge in [0.05, 0.1) is 29.1 Å². The number of alkyl halides is 2. The number of aromatic nitrogens is 4. The van der Waals surface area contributed by atoms with E-state index in [0.717, 1.165) is 24.6 Å². The van der Waals surface area contributed by atoms with Gasteiger partial charge in [0.25, 0.3) is 12.3 Å². The van der Waals surface area contributed by atoms with Gasteiger partial charge in [-0.1, -0.05) is 25.4 Å². The molecule has 0 unspecified atom stereocenters. The minimum absolute atomic E-state index is 0.0136. The summed E-state index contributed by atoms with van der Waals surface area (Å²) in [5, 5.41) is 9.94. The minimum Gasteiger partial charge on any atom is -0.348 e. The van der Waals surface area contributed by atoms with Gasteiger partial charge in [-0.3, -0.25) is 9.59 Å². The number of carbonyl (C=O) groups excluding carboxylic acids is 2. The number of rotatable bonds is 5. The first-order valence-corrected chi connectivity index (χ1v) is 11.0. The average Bonchev–Trinajstić information content (AvgIpc) is 3.40. The van der Waals surface area contributed by atoms with Gasteiger partial charge in [0.15, 0.2) is 10.8 Å². The van der Waals surface area contributed by atoms with E-state index in [1.54, 1.807) is 16.8 Å². The quantitative estimate of drug-likeness (QED) is 0.581. The van der Waals surface area contributed by atoms with Crippen LogP contribution in [0.4, 0.5) is 14.5 Å². The van der Waals surface area contributed by atoms with Crippen molar-refractivity contribution in [3.05, 3.63) is 52.2 Å². The molecule has 3 heterocycles. The summed E-state index contributed by atoms with van der Waals surface area (Å²) in [4.78, 5) is 33.7. The molecule has 11 heteroatoms. The van der Waals surface area contributed by atoms with Crippen molar-refractivity contribution in [2.75, 3.05) is 5.32 Å². The number of hydrogen-bond donors (Lipinski definition) is 2. The first-order chi connectivity index (χ1) is 15.6. The number of halogens is 3. The SMILES string of the molecule is CC1(C)C[C@@H](C(=O)Nc2cnc(C(=O)NC3CC3)c(C(F)F)c2)c2cnc3cc(Cl)nn3c21. The van der Waals surface area contributed by atoms with Gasteiger partial charge in [-0.05, 0) is 25.3 Å². The van der Waals surface area contributed by atoms with Gasteiger partial charge in [0, 0.05) is 29.3 Å². The molecule has 172 valence electrons. The molecule has 2 amide bonds. The Morgan fingerprint density at radius 1 is 1.21 bits per heavy atom. The molecule has 1 fully saturated rings. The third-order valence-electron chi connectivity index (χ3n) is 6.08. The molecule has 3 aromatic rings. The Labute approximate surface area is 192 Å². The number of nitrogens with zero attached hydrogens (tertiary/aromatic N) is 4. The highest BCUT2D eigenvalue weighted by Gasteiger charge is 2.43. The Morgan fingerprint density at radius 3 is 2.67 bits per heavy atom. The Hall–Kier alpha value is -3.14. The molecule has 0 aromatic carbocycles. The molecule has 0 aliphatic heterocycles. The van der Waals surface area contributed by atoms with Gasteiger partial charge in [0.2, 0.25) is 5.91 Å². The Bertz CT molecular complexity index is 1290. The second-order valence-electron chi connectivity index (χ2n) is 9.14. The molecular formula is C22H21ClF2N6O2. The molecule has 8 nitrogen and oxygen atoms in total. The summed E-state index contributed by atoms with van der Waals surface area (Å²) in [6.07, 6.45) is 2.08. The molecule has 0 bridgehead atoms. The standard InChI is InChI=1S/C22H21ClF2N6O2/c1-22(2)7-13(14-9-26-16-6-15(23)30-31(16)18(14)22)20(32)29-11-5-12(19(24)25)17(27-8-11)21(33)28-10-3-4-10/h5-6,8-10,13,19H,3-4,7H2,1-2H3,(H,28,33)(H,29,32)/t13-/m1/s1. The van der Waals surface area contributed by atoms with Gasteiger partial charge in [-0.15, -0.1) is 0 Å². The monoisotopic (exact) mass is 474 g/mol. The van der Waals surface area contributed by atoms with Crippen LogP contribution in [0.1, 0.15) is 72.8 Å². The van der Waals surface area contributed by atoms with Crippen LogP contribution >= 0.6 is 11.6 Å². The number of carbonyl (C=O) groups is 2. The lowest BCUT2D eigenvalue weighted by molar-refractivity contribution is -0.117. The van der Waals surface area contributed by atoms with Gasteiger partial charge >= 0.3 is 0 Å². The van der Waals surface area contributed by atoms with Gasteiger partial charge in [-0.25, -0.2) is 23.3 Å². The highest BCUT2D eigenvalue weighted by molar-refractivity contribution is 6.29. The van der Waals surface area contributed by atoms with Crippen LogP contribution in [0.3, 0.4) is 0 Å². The van der Waals surface area contributed by atoms with Crippen molar-refractivity contribution >= 4 is 34.7 Å². The highest BCUT2D eigenvalue weighted by atomic mass is 35.5. The molecule has 33 heavy (non-hydrogen) atoms. The van der Waals surface area contributed by atoms with E-state index < -0.39 is 29.2 Å². The van der Waals surface area contributed by atoms with Gasteiger partial charge < -0.3 is 10.6 Å². The molecule has 0 saturated heterocycles. The summed E-state index contributed by atoms with van der Waals surface area (Å²) < 4.78 is 28.9. The first-order valence-electron chi connectivity index (χ1n) is 10.6. The summed E-state index contributed by atoms with van der Waals surface area (Å²) in [6.45, 7) is 4.00. The van der Waals surface area contributed by atoms with E-state index in [9.17, 15) is 18.4 Å². The largest absolute Gasteiger partial charge is 0.348 e.